The first kappa shape index (κ1) is 11.7. The Labute approximate surface area is 91.0 Å². The number of hydrogen-bond donors (Lipinski definition) is 0. The fourth-order valence-electron chi connectivity index (χ4n) is 1.42. The Bertz CT molecular complexity index is 254. The van der Waals surface area contributed by atoms with Gasteiger partial charge in [0.05, 0.1) is 5.01 Å². The zero-order valence-electron chi connectivity index (χ0n) is 9.42. The molecule has 2 nitrogen and oxygen atoms in total. The molecule has 0 radical (unpaired) electrons. The third-order valence-electron chi connectivity index (χ3n) is 2.49. The molecule has 14 heavy (non-hydrogen) atoms. The van der Waals surface area contributed by atoms with Crippen LogP contribution in [0.5, 0.6) is 0 Å². The highest BCUT2D eigenvalue weighted by Crippen LogP contribution is 2.13. The zero-order valence-corrected chi connectivity index (χ0v) is 10.2. The van der Waals surface area contributed by atoms with E-state index in [4.69, 9.17) is 0 Å². The predicted molar refractivity (Wildman–Crippen MR) is 63.0 cm³/mol. The number of aromatic nitrogens is 1. The van der Waals surface area contributed by atoms with Crippen LogP contribution in [-0.2, 0) is 12.8 Å². The van der Waals surface area contributed by atoms with Crippen LogP contribution < -0.4 is 0 Å². The van der Waals surface area contributed by atoms with Gasteiger partial charge in [-0.25, -0.2) is 4.98 Å². The molecule has 3 heteroatoms. The third kappa shape index (κ3) is 3.39. The van der Waals surface area contributed by atoms with E-state index in [9.17, 15) is 0 Å². The fourth-order valence-corrected chi connectivity index (χ4v) is 2.27. The van der Waals surface area contributed by atoms with Gasteiger partial charge in [-0.05, 0) is 19.5 Å². The molecule has 1 aromatic heterocycles. The average molecular weight is 212 g/mol. The lowest BCUT2D eigenvalue weighted by molar-refractivity contribution is 0.308. The Kier molecular flexibility index (Phi) is 5.12. The molecule has 0 bridgehead atoms. The van der Waals surface area contributed by atoms with Gasteiger partial charge in [-0.3, -0.25) is 0 Å². The first-order chi connectivity index (χ1) is 6.80. The molecule has 0 aliphatic heterocycles. The van der Waals surface area contributed by atoms with Gasteiger partial charge in [-0.15, -0.1) is 11.3 Å². The molecule has 0 saturated heterocycles. The van der Waals surface area contributed by atoms with Crippen molar-refractivity contribution < 1.29 is 0 Å². The molecule has 0 amide bonds. The van der Waals surface area contributed by atoms with Gasteiger partial charge < -0.3 is 4.90 Å². The lowest BCUT2D eigenvalue weighted by atomic mass is 10.4. The normalized spacial score (nSPS) is 11.1. The SMILES string of the molecule is CCc1cnc(CCN(CC)CC)s1. The third-order valence-corrected chi connectivity index (χ3v) is 3.69. The number of nitrogens with zero attached hydrogens (tertiary/aromatic N) is 2. The van der Waals surface area contributed by atoms with E-state index in [1.165, 1.54) is 9.88 Å². The van der Waals surface area contributed by atoms with Crippen molar-refractivity contribution in [1.29, 1.82) is 0 Å². The second kappa shape index (κ2) is 6.14. The quantitative estimate of drug-likeness (QED) is 0.720. The van der Waals surface area contributed by atoms with E-state index in [-0.39, 0.29) is 0 Å². The van der Waals surface area contributed by atoms with Crippen LogP contribution in [-0.4, -0.2) is 29.5 Å². The topological polar surface area (TPSA) is 16.1 Å². The molecule has 0 saturated carbocycles. The van der Waals surface area contributed by atoms with Crippen LogP contribution in [0.15, 0.2) is 6.20 Å². The number of likely N-dealkylation sites (N-methyl/N-ethyl adjacent to an activating group) is 1. The summed E-state index contributed by atoms with van der Waals surface area (Å²) in [6.45, 7) is 10.0. The van der Waals surface area contributed by atoms with Crippen molar-refractivity contribution in [3.05, 3.63) is 16.1 Å². The zero-order chi connectivity index (χ0) is 10.4. The lowest BCUT2D eigenvalue weighted by Gasteiger charge is -2.16. The van der Waals surface area contributed by atoms with Gasteiger partial charge in [0.2, 0.25) is 0 Å². The maximum absolute atomic E-state index is 4.42. The Hall–Kier alpha value is -0.410. The summed E-state index contributed by atoms with van der Waals surface area (Å²) in [7, 11) is 0. The molecule has 1 rings (SSSR count). The van der Waals surface area contributed by atoms with Gasteiger partial charge in [0.25, 0.3) is 0 Å². The predicted octanol–water partition coefficient (Wildman–Crippen LogP) is 2.59. The van der Waals surface area contributed by atoms with Gasteiger partial charge in [-0.2, -0.15) is 0 Å². The van der Waals surface area contributed by atoms with E-state index in [0.29, 0.717) is 0 Å². The largest absolute Gasteiger partial charge is 0.303 e. The fraction of sp³-hybridized carbons (Fsp3) is 0.727. The van der Waals surface area contributed by atoms with Crippen molar-refractivity contribution in [2.45, 2.75) is 33.6 Å². The van der Waals surface area contributed by atoms with Gasteiger partial charge in [0.1, 0.15) is 0 Å². The number of hydrogen-bond acceptors (Lipinski definition) is 3. The van der Waals surface area contributed by atoms with Crippen LogP contribution in [0.1, 0.15) is 30.7 Å². The highest BCUT2D eigenvalue weighted by molar-refractivity contribution is 7.11. The van der Waals surface area contributed by atoms with Crippen molar-refractivity contribution in [2.24, 2.45) is 0 Å². The summed E-state index contributed by atoms with van der Waals surface area (Å²) in [5.74, 6) is 0. The van der Waals surface area contributed by atoms with E-state index in [1.54, 1.807) is 0 Å². The Morgan fingerprint density at radius 3 is 2.50 bits per heavy atom. The smallest absolute Gasteiger partial charge is 0.0940 e. The number of aryl methyl sites for hydroxylation is 1. The van der Waals surface area contributed by atoms with Crippen molar-refractivity contribution in [3.8, 4) is 0 Å². The molecule has 0 fully saturated rings. The molecular formula is C11H20N2S. The standard InChI is InChI=1S/C11H20N2S/c1-4-10-9-12-11(14-10)7-8-13(5-2)6-3/h9H,4-8H2,1-3H3. The molecule has 0 unspecified atom stereocenters. The maximum atomic E-state index is 4.42. The Morgan fingerprint density at radius 1 is 1.29 bits per heavy atom. The molecule has 80 valence electrons. The van der Waals surface area contributed by atoms with Crippen LogP contribution in [0.3, 0.4) is 0 Å². The minimum Gasteiger partial charge on any atom is -0.303 e. The monoisotopic (exact) mass is 212 g/mol. The average Bonchev–Trinajstić information content (AvgIpc) is 2.67. The molecule has 1 heterocycles. The molecule has 0 aliphatic carbocycles. The Balaban J connectivity index is 2.37. The second-order valence-corrected chi connectivity index (χ2v) is 4.55. The maximum Gasteiger partial charge on any atom is 0.0940 e. The van der Waals surface area contributed by atoms with Crippen LogP contribution in [0, 0.1) is 0 Å². The minimum absolute atomic E-state index is 1.10. The van der Waals surface area contributed by atoms with Crippen LogP contribution in [0.2, 0.25) is 0 Å². The van der Waals surface area contributed by atoms with E-state index in [0.717, 1.165) is 32.5 Å². The van der Waals surface area contributed by atoms with Crippen LogP contribution in [0.4, 0.5) is 0 Å². The van der Waals surface area contributed by atoms with Gasteiger partial charge >= 0.3 is 0 Å². The molecule has 0 atom stereocenters. The Morgan fingerprint density at radius 2 is 2.00 bits per heavy atom. The van der Waals surface area contributed by atoms with E-state index < -0.39 is 0 Å². The molecule has 0 aliphatic rings. The van der Waals surface area contributed by atoms with Gasteiger partial charge in [0.15, 0.2) is 0 Å². The molecule has 0 aromatic carbocycles. The molecule has 0 spiro atoms. The summed E-state index contributed by atoms with van der Waals surface area (Å²) in [6, 6.07) is 0. The van der Waals surface area contributed by atoms with Gasteiger partial charge in [0, 0.05) is 24.0 Å². The molecular weight excluding hydrogens is 192 g/mol. The number of thiazole rings is 1. The van der Waals surface area contributed by atoms with E-state index in [2.05, 4.69) is 30.7 Å². The summed E-state index contributed by atoms with van der Waals surface area (Å²) in [5, 5.41) is 1.29. The lowest BCUT2D eigenvalue weighted by Crippen LogP contribution is -2.25. The van der Waals surface area contributed by atoms with Crippen molar-refractivity contribution in [3.63, 3.8) is 0 Å². The molecule has 1 aromatic rings. The summed E-state index contributed by atoms with van der Waals surface area (Å²) in [6.07, 6.45) is 4.23. The summed E-state index contributed by atoms with van der Waals surface area (Å²) in [4.78, 5) is 8.26. The highest BCUT2D eigenvalue weighted by Gasteiger charge is 2.03. The minimum atomic E-state index is 1.10. The van der Waals surface area contributed by atoms with Gasteiger partial charge in [-0.1, -0.05) is 20.8 Å². The first-order valence-electron chi connectivity index (χ1n) is 5.46. The first-order valence-corrected chi connectivity index (χ1v) is 6.27. The van der Waals surface area contributed by atoms with Crippen molar-refractivity contribution in [1.82, 2.24) is 9.88 Å². The van der Waals surface area contributed by atoms with Crippen molar-refractivity contribution in [2.75, 3.05) is 19.6 Å². The second-order valence-electron chi connectivity index (χ2n) is 3.35. The summed E-state index contributed by atoms with van der Waals surface area (Å²) < 4.78 is 0. The van der Waals surface area contributed by atoms with Crippen LogP contribution in [0.25, 0.3) is 0 Å². The van der Waals surface area contributed by atoms with E-state index in [1.807, 2.05) is 17.5 Å². The van der Waals surface area contributed by atoms with Crippen LogP contribution >= 0.6 is 11.3 Å². The summed E-state index contributed by atoms with van der Waals surface area (Å²) in [5.41, 5.74) is 0. The highest BCUT2D eigenvalue weighted by atomic mass is 32.1. The summed E-state index contributed by atoms with van der Waals surface area (Å²) >= 11 is 1.86. The molecule has 0 N–H and O–H groups in total. The van der Waals surface area contributed by atoms with E-state index >= 15 is 0 Å². The number of rotatable bonds is 6. The van der Waals surface area contributed by atoms with Crippen molar-refractivity contribution >= 4 is 11.3 Å².